The van der Waals surface area contributed by atoms with Crippen LogP contribution in [0, 0.1) is 6.92 Å². The second-order valence-electron chi connectivity index (χ2n) is 10.7. The van der Waals surface area contributed by atoms with Gasteiger partial charge >= 0.3 is 5.97 Å². The van der Waals surface area contributed by atoms with Gasteiger partial charge in [0.25, 0.3) is 0 Å². The number of nitrogens with zero attached hydrogens (tertiary/aromatic N) is 5. The number of carboxylic acids is 1. The van der Waals surface area contributed by atoms with Crippen molar-refractivity contribution < 1.29 is 15.0 Å². The Hall–Kier alpha value is -3.11. The molecule has 39 heavy (non-hydrogen) atoms. The molecule has 0 spiro atoms. The topological polar surface area (TPSA) is 103 Å². The van der Waals surface area contributed by atoms with Gasteiger partial charge in [0, 0.05) is 43.0 Å². The fourth-order valence-corrected chi connectivity index (χ4v) is 5.50. The number of halogens is 1. The van der Waals surface area contributed by atoms with Crippen LogP contribution in [-0.4, -0.2) is 74.9 Å². The average molecular weight is 568 g/mol. The summed E-state index contributed by atoms with van der Waals surface area (Å²) in [5, 5.41) is 19.4. The Balaban J connectivity index is 0.000000648. The third-order valence-corrected chi connectivity index (χ3v) is 7.47. The van der Waals surface area contributed by atoms with Gasteiger partial charge in [0.1, 0.15) is 5.82 Å². The van der Waals surface area contributed by atoms with Gasteiger partial charge in [-0.25, -0.2) is 15.0 Å². The van der Waals surface area contributed by atoms with Gasteiger partial charge in [0.2, 0.25) is 0 Å². The minimum Gasteiger partial charge on any atom is -0.481 e. The van der Waals surface area contributed by atoms with Crippen molar-refractivity contribution in [1.29, 1.82) is 0 Å². The van der Waals surface area contributed by atoms with Gasteiger partial charge in [0.05, 0.1) is 22.2 Å². The number of carbonyl (C=O) groups is 1. The summed E-state index contributed by atoms with van der Waals surface area (Å²) in [5.41, 5.74) is 3.78. The number of anilines is 1. The quantitative estimate of drug-likeness (QED) is 0.324. The molecule has 0 bridgehead atoms. The van der Waals surface area contributed by atoms with E-state index in [0.717, 1.165) is 64.5 Å². The van der Waals surface area contributed by atoms with Crippen LogP contribution in [0.5, 0.6) is 0 Å². The number of aliphatic hydroxyl groups is 1. The Labute approximate surface area is 237 Å². The first kappa shape index (κ1) is 28.9. The zero-order chi connectivity index (χ0) is 28.3. The minimum atomic E-state index is -0.870. The van der Waals surface area contributed by atoms with Crippen LogP contribution in [0.15, 0.2) is 42.6 Å². The predicted octanol–water partition coefficient (Wildman–Crippen LogP) is 5.54. The van der Waals surface area contributed by atoms with Crippen LogP contribution in [-0.2, 0) is 11.2 Å². The van der Waals surface area contributed by atoms with Crippen molar-refractivity contribution in [3.63, 3.8) is 0 Å². The zero-order valence-corrected chi connectivity index (χ0v) is 24.5. The standard InChI is InChI=1S/C25H24ClN5O2S.C4H10O/c1-15-13-19-23(22(18(15)14-21(32)33)16-3-5-17(26)6-4-16)34-25(28-19)24-27-8-7-20(29-24)31-11-9-30(2)10-12-31;1-4(2,3)5/h3-8,13H,9-12,14H2,1-2H3,(H,32,33);5H,1-3H3. The number of rotatable bonds is 5. The van der Waals surface area contributed by atoms with Crippen molar-refractivity contribution in [2.24, 2.45) is 0 Å². The molecular formula is C29H34ClN5O3S. The Kier molecular flexibility index (Phi) is 8.86. The van der Waals surface area contributed by atoms with Crippen LogP contribution in [0.2, 0.25) is 5.02 Å². The van der Waals surface area contributed by atoms with Gasteiger partial charge < -0.3 is 20.0 Å². The molecule has 2 aromatic heterocycles. The summed E-state index contributed by atoms with van der Waals surface area (Å²) < 4.78 is 0.924. The summed E-state index contributed by atoms with van der Waals surface area (Å²) in [6.07, 6.45) is 1.71. The van der Waals surface area contributed by atoms with Crippen LogP contribution in [0.4, 0.5) is 5.82 Å². The molecule has 4 aromatic rings. The molecule has 206 valence electrons. The van der Waals surface area contributed by atoms with Gasteiger partial charge in [-0.15, -0.1) is 11.3 Å². The molecule has 0 radical (unpaired) electrons. The predicted molar refractivity (Wildman–Crippen MR) is 159 cm³/mol. The summed E-state index contributed by atoms with van der Waals surface area (Å²) in [5.74, 6) is 0.612. The number of carboxylic acid groups (broad SMARTS) is 1. The Morgan fingerprint density at radius 1 is 1.08 bits per heavy atom. The highest BCUT2D eigenvalue weighted by molar-refractivity contribution is 7.22. The van der Waals surface area contributed by atoms with E-state index in [1.54, 1.807) is 27.0 Å². The van der Waals surface area contributed by atoms with Gasteiger partial charge in [-0.3, -0.25) is 4.79 Å². The number of piperazine rings is 1. The highest BCUT2D eigenvalue weighted by Crippen LogP contribution is 2.40. The maximum Gasteiger partial charge on any atom is 0.307 e. The SMILES string of the molecule is CC(C)(C)O.Cc1cc2nc(-c3nccc(N4CCN(C)CC4)n3)sc2c(-c2ccc(Cl)cc2)c1CC(=O)O. The lowest BCUT2D eigenvalue weighted by molar-refractivity contribution is -0.136. The Bertz CT molecular complexity index is 1450. The van der Waals surface area contributed by atoms with E-state index in [9.17, 15) is 9.90 Å². The van der Waals surface area contributed by atoms with Crippen LogP contribution in [0.25, 0.3) is 32.2 Å². The summed E-state index contributed by atoms with van der Waals surface area (Å²) in [6, 6.07) is 11.4. The second kappa shape index (κ2) is 12.0. The van der Waals surface area contributed by atoms with Crippen LogP contribution in [0.1, 0.15) is 31.9 Å². The van der Waals surface area contributed by atoms with E-state index in [0.29, 0.717) is 15.9 Å². The van der Waals surface area contributed by atoms with E-state index in [4.69, 9.17) is 26.7 Å². The smallest absolute Gasteiger partial charge is 0.307 e. The highest BCUT2D eigenvalue weighted by Gasteiger charge is 2.21. The van der Waals surface area contributed by atoms with Crippen molar-refractivity contribution in [3.05, 3.63) is 58.7 Å². The van der Waals surface area contributed by atoms with Crippen molar-refractivity contribution in [3.8, 4) is 22.0 Å². The molecule has 2 aromatic carbocycles. The molecule has 1 saturated heterocycles. The summed E-state index contributed by atoms with van der Waals surface area (Å²) in [7, 11) is 2.13. The maximum atomic E-state index is 11.7. The third kappa shape index (κ3) is 7.51. The largest absolute Gasteiger partial charge is 0.481 e. The van der Waals surface area contributed by atoms with Gasteiger partial charge in [-0.1, -0.05) is 23.7 Å². The van der Waals surface area contributed by atoms with Gasteiger partial charge in [-0.2, -0.15) is 0 Å². The first-order chi connectivity index (χ1) is 18.4. The molecule has 10 heteroatoms. The normalized spacial score (nSPS) is 14.3. The van der Waals surface area contributed by atoms with Crippen molar-refractivity contribution in [1.82, 2.24) is 19.9 Å². The summed E-state index contributed by atoms with van der Waals surface area (Å²) in [4.78, 5) is 30.4. The van der Waals surface area contributed by atoms with Crippen LogP contribution < -0.4 is 4.90 Å². The van der Waals surface area contributed by atoms with Gasteiger partial charge in [-0.05, 0) is 75.7 Å². The summed E-state index contributed by atoms with van der Waals surface area (Å²) in [6.45, 7) is 11.0. The van der Waals surface area contributed by atoms with E-state index in [1.807, 2.05) is 43.3 Å². The zero-order valence-electron chi connectivity index (χ0n) is 22.9. The third-order valence-electron chi connectivity index (χ3n) is 6.13. The molecule has 3 heterocycles. The minimum absolute atomic E-state index is 0.0671. The number of benzene rings is 2. The number of hydrogen-bond acceptors (Lipinski definition) is 8. The number of thiazole rings is 1. The van der Waals surface area contributed by atoms with Crippen molar-refractivity contribution in [2.75, 3.05) is 38.1 Å². The van der Waals surface area contributed by atoms with Crippen molar-refractivity contribution >= 4 is 44.9 Å². The van der Waals surface area contributed by atoms with Crippen LogP contribution >= 0.6 is 22.9 Å². The molecule has 1 fully saturated rings. The number of likely N-dealkylation sites (N-methyl/N-ethyl adjacent to an activating group) is 1. The van der Waals surface area contributed by atoms with Gasteiger partial charge in [0.15, 0.2) is 10.8 Å². The molecule has 2 N–H and O–H groups in total. The average Bonchev–Trinajstić information content (AvgIpc) is 3.28. The fourth-order valence-electron chi connectivity index (χ4n) is 4.30. The molecule has 0 unspecified atom stereocenters. The van der Waals surface area contributed by atoms with E-state index < -0.39 is 11.6 Å². The fraction of sp³-hybridized carbons (Fsp3) is 0.379. The molecule has 0 amide bonds. The van der Waals surface area contributed by atoms with E-state index in [2.05, 4.69) is 21.8 Å². The number of aliphatic carboxylic acids is 1. The molecular weight excluding hydrogens is 534 g/mol. The molecule has 0 saturated carbocycles. The van der Waals surface area contributed by atoms with E-state index in [-0.39, 0.29) is 6.42 Å². The van der Waals surface area contributed by atoms with Crippen LogP contribution in [0.3, 0.4) is 0 Å². The molecule has 8 nitrogen and oxygen atoms in total. The Morgan fingerprint density at radius 3 is 2.33 bits per heavy atom. The molecule has 1 aliphatic rings. The molecule has 5 rings (SSSR count). The number of fused-ring (bicyclic) bond motifs is 1. The van der Waals surface area contributed by atoms with E-state index in [1.165, 1.54) is 11.3 Å². The number of aromatic nitrogens is 3. The summed E-state index contributed by atoms with van der Waals surface area (Å²) >= 11 is 7.61. The number of hydrogen-bond donors (Lipinski definition) is 2. The molecule has 1 aliphatic heterocycles. The lowest BCUT2D eigenvalue weighted by atomic mass is 9.93. The van der Waals surface area contributed by atoms with Crippen molar-refractivity contribution in [2.45, 2.75) is 39.7 Å². The maximum absolute atomic E-state index is 11.7. The molecule has 0 aliphatic carbocycles. The van der Waals surface area contributed by atoms with E-state index >= 15 is 0 Å². The monoisotopic (exact) mass is 567 g/mol. The lowest BCUT2D eigenvalue weighted by Gasteiger charge is -2.33. The first-order valence-corrected chi connectivity index (χ1v) is 14.0. The lowest BCUT2D eigenvalue weighted by Crippen LogP contribution is -2.44. The number of aryl methyl sites for hydroxylation is 1. The molecule has 0 atom stereocenters. The second-order valence-corrected chi connectivity index (χ2v) is 12.1. The Morgan fingerprint density at radius 2 is 1.72 bits per heavy atom. The first-order valence-electron chi connectivity index (χ1n) is 12.8. The highest BCUT2D eigenvalue weighted by atomic mass is 35.5.